The molecule has 1 aliphatic heterocycles. The molecule has 6 atom stereocenters. The van der Waals surface area contributed by atoms with Crippen molar-refractivity contribution in [1.82, 2.24) is 4.90 Å². The van der Waals surface area contributed by atoms with Crippen LogP contribution in [0, 0.1) is 23.6 Å². The number of hydrogen-bond acceptors (Lipinski definition) is 10. The van der Waals surface area contributed by atoms with E-state index in [9.17, 15) is 14.6 Å². The summed E-state index contributed by atoms with van der Waals surface area (Å²) in [5.41, 5.74) is 4.85. The van der Waals surface area contributed by atoms with E-state index in [-0.39, 0.29) is 76.2 Å². The number of amides is 1. The first kappa shape index (κ1) is 49.4. The average molecular weight is 941 g/mol. The maximum absolute atomic E-state index is 15.2. The van der Waals surface area contributed by atoms with Crippen LogP contribution in [0.2, 0.25) is 0 Å². The number of halogens is 1. The second-order valence-corrected chi connectivity index (χ2v) is 18.0. The standard InChI is InChI=1S/C57H65FN2O9/c1-3-31-67-57-53(60(37-43-23-16-22-41-19-8-10-24-46(41)43)56(63)65-33-32-64-38-40-17-6-5-7-18-40)36-51(59-68-4-2)48-34-42(20-12-14-29-61)47(25-13-15-30-62)54(55(48)57)49-35-45(27-28-52(49)69-57)66-39-44-21-9-11-26-50(44)58/h3,5-11,16-19,21-24,26-28,34-35,42,47,53-55,61-62H,1,4,12-15,20,25,29-33,36-39H2,2H3. The summed E-state index contributed by atoms with van der Waals surface area (Å²) in [4.78, 5) is 22.8. The molecule has 12 heteroatoms. The van der Waals surface area contributed by atoms with E-state index in [4.69, 9.17) is 33.7 Å². The van der Waals surface area contributed by atoms with Gasteiger partial charge in [-0.1, -0.05) is 121 Å². The summed E-state index contributed by atoms with van der Waals surface area (Å²) < 4.78 is 48.0. The molecular formula is C57H65FN2O9. The van der Waals surface area contributed by atoms with Crippen LogP contribution in [-0.4, -0.2) is 78.4 Å². The van der Waals surface area contributed by atoms with E-state index in [0.29, 0.717) is 48.8 Å². The highest BCUT2D eigenvalue weighted by molar-refractivity contribution is 6.03. The van der Waals surface area contributed by atoms with Crippen molar-refractivity contribution in [2.45, 2.75) is 89.4 Å². The first-order valence-electron chi connectivity index (χ1n) is 24.5. The maximum atomic E-state index is 15.2. The van der Waals surface area contributed by atoms with Crippen LogP contribution >= 0.6 is 0 Å². The Hall–Kier alpha value is -6.05. The Kier molecular flexibility index (Phi) is 17.2. The SMILES string of the molecule is C=CCOC12Oc3ccc(OCc4ccccc4F)cc3C3C(CCCCO)C(CCCCO)C=C(C(=NOCC)CC1N(Cc1cccc4ccccc14)C(=O)OCCOCc1ccccc1)C32. The number of benzene rings is 5. The van der Waals surface area contributed by atoms with Crippen LogP contribution in [-0.2, 0) is 38.8 Å². The lowest BCUT2D eigenvalue weighted by molar-refractivity contribution is -0.256. The van der Waals surface area contributed by atoms with Crippen LogP contribution in [0.25, 0.3) is 10.8 Å². The molecule has 11 nitrogen and oxygen atoms in total. The number of carbonyl (C=O) groups excluding carboxylic acids is 1. The molecule has 0 saturated heterocycles. The number of hydrogen-bond donors (Lipinski definition) is 2. The van der Waals surface area contributed by atoms with Gasteiger partial charge >= 0.3 is 6.09 Å². The number of aliphatic hydroxyl groups is 2. The van der Waals surface area contributed by atoms with E-state index in [2.05, 4.69) is 30.9 Å². The fourth-order valence-corrected chi connectivity index (χ4v) is 10.6. The van der Waals surface area contributed by atoms with Crippen molar-refractivity contribution in [3.8, 4) is 11.5 Å². The zero-order valence-electron chi connectivity index (χ0n) is 39.6. The van der Waals surface area contributed by atoms with Gasteiger partial charge in [-0.3, -0.25) is 4.90 Å². The highest BCUT2D eigenvalue weighted by atomic mass is 19.1. The number of carbonyl (C=O) groups is 1. The summed E-state index contributed by atoms with van der Waals surface area (Å²) in [6.07, 6.45) is 8.05. The molecule has 2 N–H and O–H groups in total. The average Bonchev–Trinajstić information content (AvgIpc) is 3.37. The summed E-state index contributed by atoms with van der Waals surface area (Å²) in [5.74, 6) is -1.55. The zero-order valence-corrected chi connectivity index (χ0v) is 39.6. The fraction of sp³-hybridized carbons (Fsp3) is 0.404. The largest absolute Gasteiger partial charge is 0.489 e. The van der Waals surface area contributed by atoms with E-state index < -0.39 is 23.8 Å². The smallest absolute Gasteiger partial charge is 0.410 e. The Morgan fingerprint density at radius 2 is 1.64 bits per heavy atom. The lowest BCUT2D eigenvalue weighted by atomic mass is 9.55. The third kappa shape index (κ3) is 11.4. The number of aliphatic hydroxyl groups excluding tert-OH is 2. The molecule has 0 radical (unpaired) electrons. The summed E-state index contributed by atoms with van der Waals surface area (Å²) in [7, 11) is 0. The van der Waals surface area contributed by atoms with Crippen molar-refractivity contribution in [2.24, 2.45) is 22.9 Å². The molecule has 0 spiro atoms. The molecule has 5 aromatic carbocycles. The molecule has 5 aromatic rings. The van der Waals surface area contributed by atoms with Gasteiger partial charge in [-0.2, -0.15) is 0 Å². The highest BCUT2D eigenvalue weighted by Crippen LogP contribution is 2.62. The monoisotopic (exact) mass is 940 g/mol. The number of fused-ring (bicyclic) bond motifs is 3. The molecule has 1 amide bonds. The minimum absolute atomic E-state index is 0.00381. The minimum Gasteiger partial charge on any atom is -0.489 e. The van der Waals surface area contributed by atoms with Crippen molar-refractivity contribution >= 4 is 22.6 Å². The molecule has 1 heterocycles. The quantitative estimate of drug-likeness (QED) is 0.0353. The van der Waals surface area contributed by atoms with Crippen LogP contribution in [0.15, 0.2) is 145 Å². The van der Waals surface area contributed by atoms with Gasteiger partial charge in [-0.25, -0.2) is 9.18 Å². The van der Waals surface area contributed by atoms with Crippen LogP contribution in [0.5, 0.6) is 11.5 Å². The predicted octanol–water partition coefficient (Wildman–Crippen LogP) is 11.1. The molecule has 8 rings (SSSR count). The summed E-state index contributed by atoms with van der Waals surface area (Å²) in [6, 6.07) is 35.5. The molecule has 1 saturated carbocycles. The van der Waals surface area contributed by atoms with Crippen LogP contribution in [0.4, 0.5) is 9.18 Å². The third-order valence-electron chi connectivity index (χ3n) is 13.7. The van der Waals surface area contributed by atoms with Crippen LogP contribution < -0.4 is 9.47 Å². The van der Waals surface area contributed by atoms with E-state index in [1.807, 2.05) is 79.7 Å². The maximum Gasteiger partial charge on any atom is 0.410 e. The normalized spacial score (nSPS) is 21.9. The summed E-state index contributed by atoms with van der Waals surface area (Å²) >= 11 is 0. The molecule has 364 valence electrons. The van der Waals surface area contributed by atoms with Gasteiger partial charge in [-0.05, 0) is 96.2 Å². The van der Waals surface area contributed by atoms with E-state index in [0.717, 1.165) is 58.7 Å². The van der Waals surface area contributed by atoms with Gasteiger partial charge < -0.3 is 38.7 Å². The molecule has 0 aromatic heterocycles. The number of unbranched alkanes of at least 4 members (excludes halogenated alkanes) is 2. The van der Waals surface area contributed by atoms with Crippen molar-refractivity contribution in [3.63, 3.8) is 0 Å². The van der Waals surface area contributed by atoms with E-state index >= 15 is 4.79 Å². The van der Waals surface area contributed by atoms with Crippen molar-refractivity contribution in [2.75, 3.05) is 39.6 Å². The molecule has 6 unspecified atom stereocenters. The Labute approximate surface area is 405 Å². The first-order chi connectivity index (χ1) is 33.9. The lowest BCUT2D eigenvalue weighted by Crippen LogP contribution is -2.70. The third-order valence-corrected chi connectivity index (χ3v) is 13.7. The second kappa shape index (κ2) is 24.0. The molecule has 1 fully saturated rings. The van der Waals surface area contributed by atoms with Gasteiger partial charge in [0.2, 0.25) is 5.79 Å². The summed E-state index contributed by atoms with van der Waals surface area (Å²) in [6.45, 7) is 7.27. The predicted molar refractivity (Wildman–Crippen MR) is 264 cm³/mol. The van der Waals surface area contributed by atoms with Crippen LogP contribution in [0.3, 0.4) is 0 Å². The Morgan fingerprint density at radius 1 is 0.884 bits per heavy atom. The zero-order chi connectivity index (χ0) is 48.0. The number of ether oxygens (including phenoxy) is 5. The van der Waals surface area contributed by atoms with Crippen LogP contribution in [0.1, 0.15) is 80.0 Å². The Morgan fingerprint density at radius 3 is 2.43 bits per heavy atom. The molecule has 2 aliphatic carbocycles. The molecular weight excluding hydrogens is 876 g/mol. The topological polar surface area (TPSA) is 129 Å². The van der Waals surface area contributed by atoms with Gasteiger partial charge in [0, 0.05) is 36.7 Å². The first-order valence-corrected chi connectivity index (χ1v) is 24.5. The van der Waals surface area contributed by atoms with Gasteiger partial charge in [-0.15, -0.1) is 6.58 Å². The highest BCUT2D eigenvalue weighted by Gasteiger charge is 2.65. The van der Waals surface area contributed by atoms with Crippen molar-refractivity contribution in [1.29, 1.82) is 0 Å². The number of allylic oxidation sites excluding steroid dienone is 1. The van der Waals surface area contributed by atoms with Gasteiger partial charge in [0.25, 0.3) is 0 Å². The van der Waals surface area contributed by atoms with Gasteiger partial charge in [0.05, 0.1) is 38.0 Å². The lowest BCUT2D eigenvalue weighted by Gasteiger charge is -2.59. The molecule has 69 heavy (non-hydrogen) atoms. The Bertz CT molecular complexity index is 2550. The van der Waals surface area contributed by atoms with E-state index in [1.165, 1.54) is 6.07 Å². The second-order valence-electron chi connectivity index (χ2n) is 18.0. The Balaban J connectivity index is 1.27. The number of nitrogens with zero attached hydrogens (tertiary/aromatic N) is 2. The number of rotatable bonds is 24. The van der Waals surface area contributed by atoms with Crippen molar-refractivity contribution in [3.05, 3.63) is 168 Å². The molecule has 3 aliphatic rings. The fourth-order valence-electron chi connectivity index (χ4n) is 10.6. The summed E-state index contributed by atoms with van der Waals surface area (Å²) in [5, 5.41) is 26.9. The minimum atomic E-state index is -1.52. The van der Waals surface area contributed by atoms with Crippen molar-refractivity contribution < 1.29 is 47.9 Å². The molecule has 0 bridgehead atoms. The van der Waals surface area contributed by atoms with Gasteiger partial charge in [0.15, 0.2) is 0 Å². The van der Waals surface area contributed by atoms with E-state index in [1.54, 1.807) is 29.2 Å². The number of oxime groups is 1. The van der Waals surface area contributed by atoms with Gasteiger partial charge in [0.1, 0.15) is 43.2 Å².